The summed E-state index contributed by atoms with van der Waals surface area (Å²) < 4.78 is 23.1. The normalized spacial score (nSPS) is 21.0. The minimum absolute atomic E-state index is 0.228. The third-order valence-corrected chi connectivity index (χ3v) is 5.74. The van der Waals surface area contributed by atoms with Gasteiger partial charge in [-0.2, -0.15) is 0 Å². The van der Waals surface area contributed by atoms with Gasteiger partial charge in [0.05, 0.1) is 10.6 Å². The van der Waals surface area contributed by atoms with Gasteiger partial charge in [-0.1, -0.05) is 18.6 Å². The molecule has 0 bridgehead atoms. The van der Waals surface area contributed by atoms with E-state index in [0.717, 1.165) is 36.9 Å². The largest absolute Gasteiger partial charge is 0.396 e. The molecule has 0 unspecified atom stereocenters. The van der Waals surface area contributed by atoms with Gasteiger partial charge in [-0.15, -0.1) is 0 Å². The van der Waals surface area contributed by atoms with E-state index in [2.05, 4.69) is 15.3 Å². The first kappa shape index (κ1) is 17.8. The van der Waals surface area contributed by atoms with E-state index in [9.17, 15) is 13.5 Å². The topological polar surface area (TPSA) is 92.2 Å². The number of benzene rings is 1. The van der Waals surface area contributed by atoms with Crippen molar-refractivity contribution in [3.8, 4) is 11.3 Å². The van der Waals surface area contributed by atoms with Crippen LogP contribution in [0, 0.1) is 5.92 Å². The van der Waals surface area contributed by atoms with E-state index in [4.69, 9.17) is 0 Å². The summed E-state index contributed by atoms with van der Waals surface area (Å²) in [6.07, 6.45) is 7.03. The summed E-state index contributed by atoms with van der Waals surface area (Å²) in [6, 6.07) is 8.77. The molecule has 2 N–H and O–H groups in total. The zero-order valence-corrected chi connectivity index (χ0v) is 15.0. The minimum atomic E-state index is -3.20. The number of nitrogens with one attached hydrogen (secondary N) is 1. The van der Waals surface area contributed by atoms with Crippen LogP contribution in [0.25, 0.3) is 11.3 Å². The number of anilines is 1. The Labute approximate surface area is 148 Å². The van der Waals surface area contributed by atoms with Gasteiger partial charge in [-0.3, -0.25) is 0 Å². The van der Waals surface area contributed by atoms with E-state index in [0.29, 0.717) is 16.8 Å². The number of nitrogens with zero attached hydrogens (tertiary/aromatic N) is 2. The molecule has 0 amide bonds. The number of aliphatic hydroxyl groups is 1. The molecule has 2 atom stereocenters. The predicted octanol–water partition coefficient (Wildman–Crippen LogP) is 2.51. The Morgan fingerprint density at radius 2 is 1.96 bits per heavy atom. The number of hydrogen-bond acceptors (Lipinski definition) is 6. The Balaban J connectivity index is 1.75. The molecule has 1 aliphatic carbocycles. The van der Waals surface area contributed by atoms with Gasteiger partial charge in [0.25, 0.3) is 0 Å². The molecule has 0 radical (unpaired) electrons. The Kier molecular flexibility index (Phi) is 5.34. The summed E-state index contributed by atoms with van der Waals surface area (Å²) in [5.41, 5.74) is 1.58. The lowest BCUT2D eigenvalue weighted by Gasteiger charge is -2.28. The molecule has 0 aliphatic heterocycles. The maximum absolute atomic E-state index is 11.6. The zero-order valence-electron chi connectivity index (χ0n) is 14.2. The molecule has 1 heterocycles. The third kappa shape index (κ3) is 4.55. The molecule has 1 fully saturated rings. The van der Waals surface area contributed by atoms with E-state index < -0.39 is 9.84 Å². The lowest BCUT2D eigenvalue weighted by atomic mass is 9.86. The first-order valence-electron chi connectivity index (χ1n) is 8.46. The molecule has 25 heavy (non-hydrogen) atoms. The van der Waals surface area contributed by atoms with Crippen molar-refractivity contribution >= 4 is 15.8 Å². The molecule has 7 heteroatoms. The standard InChI is InChI=1S/C18H23N3O3S/c1-25(23,24)16-7-5-14(6-8-16)17-9-10-19-18(21-17)20-15-4-2-3-13(11-15)12-22/h5-10,13,15,22H,2-4,11-12H2,1H3,(H,19,20,21)/t13-,15-/m1/s1. The Bertz CT molecular complexity index is 822. The molecule has 6 nitrogen and oxygen atoms in total. The number of hydrogen-bond donors (Lipinski definition) is 2. The molecule has 1 saturated carbocycles. The number of aromatic nitrogens is 2. The van der Waals surface area contributed by atoms with Crippen LogP contribution >= 0.6 is 0 Å². The predicted molar refractivity (Wildman–Crippen MR) is 97.0 cm³/mol. The van der Waals surface area contributed by atoms with Gasteiger partial charge in [0, 0.05) is 30.7 Å². The van der Waals surface area contributed by atoms with Crippen molar-refractivity contribution in [1.29, 1.82) is 0 Å². The van der Waals surface area contributed by atoms with Crippen LogP contribution in [-0.4, -0.2) is 42.4 Å². The van der Waals surface area contributed by atoms with Crippen LogP contribution in [-0.2, 0) is 9.84 Å². The average molecular weight is 361 g/mol. The van der Waals surface area contributed by atoms with Gasteiger partial charge >= 0.3 is 0 Å². The molecule has 0 spiro atoms. The SMILES string of the molecule is CS(=O)(=O)c1ccc(-c2ccnc(N[C@@H]3CCC[C@@H](CO)C3)n2)cc1. The van der Waals surface area contributed by atoms with Crippen molar-refractivity contribution < 1.29 is 13.5 Å². The quantitative estimate of drug-likeness (QED) is 0.850. The van der Waals surface area contributed by atoms with E-state index in [1.54, 1.807) is 36.5 Å². The molecule has 1 aromatic heterocycles. The monoisotopic (exact) mass is 361 g/mol. The second-order valence-corrected chi connectivity index (χ2v) is 8.63. The van der Waals surface area contributed by atoms with Crippen molar-refractivity contribution in [1.82, 2.24) is 9.97 Å². The Morgan fingerprint density at radius 3 is 2.64 bits per heavy atom. The average Bonchev–Trinajstić information content (AvgIpc) is 2.61. The second-order valence-electron chi connectivity index (χ2n) is 6.62. The summed E-state index contributed by atoms with van der Waals surface area (Å²) >= 11 is 0. The fourth-order valence-electron chi connectivity index (χ4n) is 3.23. The van der Waals surface area contributed by atoms with E-state index >= 15 is 0 Å². The molecule has 2 aromatic rings. The zero-order chi connectivity index (χ0) is 17.9. The lowest BCUT2D eigenvalue weighted by molar-refractivity contribution is 0.184. The molecule has 3 rings (SSSR count). The van der Waals surface area contributed by atoms with Gasteiger partial charge in [0.15, 0.2) is 9.84 Å². The van der Waals surface area contributed by atoms with Crippen LogP contribution in [0.3, 0.4) is 0 Å². The first-order chi connectivity index (χ1) is 12.0. The van der Waals surface area contributed by atoms with E-state index in [1.807, 2.05) is 0 Å². The molecule has 134 valence electrons. The fourth-order valence-corrected chi connectivity index (χ4v) is 3.86. The maximum atomic E-state index is 11.6. The van der Waals surface area contributed by atoms with Crippen molar-refractivity contribution in [2.24, 2.45) is 5.92 Å². The highest BCUT2D eigenvalue weighted by Gasteiger charge is 2.22. The van der Waals surface area contributed by atoms with Crippen LogP contribution in [0.4, 0.5) is 5.95 Å². The van der Waals surface area contributed by atoms with Crippen LogP contribution in [0.5, 0.6) is 0 Å². The van der Waals surface area contributed by atoms with Crippen LogP contribution < -0.4 is 5.32 Å². The van der Waals surface area contributed by atoms with Gasteiger partial charge in [0.1, 0.15) is 0 Å². The summed E-state index contributed by atoms with van der Waals surface area (Å²) in [5, 5.41) is 12.7. The van der Waals surface area contributed by atoms with Crippen molar-refractivity contribution in [2.75, 3.05) is 18.2 Å². The summed E-state index contributed by atoms with van der Waals surface area (Å²) in [6.45, 7) is 0.228. The van der Waals surface area contributed by atoms with Gasteiger partial charge in [-0.25, -0.2) is 18.4 Å². The van der Waals surface area contributed by atoms with Crippen molar-refractivity contribution in [3.63, 3.8) is 0 Å². The van der Waals surface area contributed by atoms with Gasteiger partial charge < -0.3 is 10.4 Å². The second kappa shape index (κ2) is 7.49. The molecular formula is C18H23N3O3S. The van der Waals surface area contributed by atoms with E-state index in [1.165, 1.54) is 6.26 Å². The van der Waals surface area contributed by atoms with Crippen LogP contribution in [0.15, 0.2) is 41.4 Å². The minimum Gasteiger partial charge on any atom is -0.396 e. The number of rotatable bonds is 5. The highest BCUT2D eigenvalue weighted by atomic mass is 32.2. The lowest BCUT2D eigenvalue weighted by Crippen LogP contribution is -2.29. The smallest absolute Gasteiger partial charge is 0.223 e. The Morgan fingerprint density at radius 1 is 1.20 bits per heavy atom. The Hall–Kier alpha value is -1.99. The summed E-state index contributed by atoms with van der Waals surface area (Å²) in [7, 11) is -3.20. The highest BCUT2D eigenvalue weighted by molar-refractivity contribution is 7.90. The number of sulfone groups is 1. The molecule has 1 aliphatic rings. The maximum Gasteiger partial charge on any atom is 0.223 e. The van der Waals surface area contributed by atoms with Crippen LogP contribution in [0.1, 0.15) is 25.7 Å². The summed E-state index contributed by atoms with van der Waals surface area (Å²) in [4.78, 5) is 9.12. The highest BCUT2D eigenvalue weighted by Crippen LogP contribution is 2.26. The molecular weight excluding hydrogens is 338 g/mol. The van der Waals surface area contributed by atoms with Gasteiger partial charge in [0.2, 0.25) is 5.95 Å². The first-order valence-corrected chi connectivity index (χ1v) is 10.4. The summed E-state index contributed by atoms with van der Waals surface area (Å²) in [5.74, 6) is 0.909. The van der Waals surface area contributed by atoms with E-state index in [-0.39, 0.29) is 12.6 Å². The third-order valence-electron chi connectivity index (χ3n) is 4.61. The van der Waals surface area contributed by atoms with Crippen molar-refractivity contribution in [2.45, 2.75) is 36.6 Å². The van der Waals surface area contributed by atoms with Crippen molar-refractivity contribution in [3.05, 3.63) is 36.5 Å². The molecule has 0 saturated heterocycles. The number of aliphatic hydroxyl groups excluding tert-OH is 1. The fraction of sp³-hybridized carbons (Fsp3) is 0.444. The molecule has 1 aromatic carbocycles. The van der Waals surface area contributed by atoms with Crippen LogP contribution in [0.2, 0.25) is 0 Å². The van der Waals surface area contributed by atoms with Gasteiger partial charge in [-0.05, 0) is 43.4 Å².